The molecule has 5 rings (SSSR count). The highest BCUT2D eigenvalue weighted by atomic mass is 16.2. The number of nitrogens with two attached hydrogens (primary N) is 1. The van der Waals surface area contributed by atoms with Gasteiger partial charge in [0.25, 0.3) is 11.8 Å². The van der Waals surface area contributed by atoms with Crippen LogP contribution < -0.4 is 5.73 Å². The van der Waals surface area contributed by atoms with Crippen LogP contribution in [0.4, 0.5) is 0 Å². The van der Waals surface area contributed by atoms with Crippen LogP contribution in [0, 0.1) is 11.8 Å². The Labute approximate surface area is 193 Å². The van der Waals surface area contributed by atoms with Crippen molar-refractivity contribution in [2.24, 2.45) is 17.6 Å². The second kappa shape index (κ2) is 9.19. The van der Waals surface area contributed by atoms with Crippen LogP contribution in [-0.4, -0.2) is 64.1 Å². The third kappa shape index (κ3) is 4.41. The lowest BCUT2D eigenvalue weighted by Crippen LogP contribution is -2.34. The number of hydrogen-bond donors (Lipinski definition) is 1. The van der Waals surface area contributed by atoms with Gasteiger partial charge >= 0.3 is 0 Å². The molecule has 1 unspecified atom stereocenters. The number of amides is 2. The second-order valence-corrected chi connectivity index (χ2v) is 9.10. The molecule has 2 N–H and O–H groups in total. The minimum absolute atomic E-state index is 0.144. The van der Waals surface area contributed by atoms with E-state index in [1.165, 1.54) is 16.4 Å². The van der Waals surface area contributed by atoms with Crippen LogP contribution in [0.1, 0.15) is 32.8 Å². The Bertz CT molecular complexity index is 1110. The standard InChI is InChI=1S/C26H29N5O2/c27-25(32)24-23(14-28-31(24)22-11-5-2-6-12-22)26(33)30-17-20-15-29(16-21(20)18-30)13-7-10-19-8-3-1-4-9-19/h1-6,8-9,11-12,14,20-21H,7,10,13,15-18H2,(H2,27,32)/t20-,21?/m0/s1. The Morgan fingerprint density at radius 3 is 2.18 bits per heavy atom. The van der Waals surface area contributed by atoms with E-state index in [2.05, 4.69) is 40.3 Å². The highest BCUT2D eigenvalue weighted by molar-refractivity contribution is 6.06. The number of fused-ring (bicyclic) bond motifs is 1. The van der Waals surface area contributed by atoms with Gasteiger partial charge in [-0.1, -0.05) is 48.5 Å². The quantitative estimate of drug-likeness (QED) is 0.608. The van der Waals surface area contributed by atoms with Crippen LogP contribution in [-0.2, 0) is 6.42 Å². The van der Waals surface area contributed by atoms with Crippen molar-refractivity contribution in [3.63, 3.8) is 0 Å². The predicted octanol–water partition coefficient (Wildman–Crippen LogP) is 2.61. The number of primary amides is 1. The van der Waals surface area contributed by atoms with Gasteiger partial charge in [-0.3, -0.25) is 9.59 Å². The molecular formula is C26H29N5O2. The molecule has 0 radical (unpaired) electrons. The van der Waals surface area contributed by atoms with Crippen LogP contribution in [0.3, 0.4) is 0 Å². The smallest absolute Gasteiger partial charge is 0.268 e. The molecular weight excluding hydrogens is 414 g/mol. The number of nitrogens with zero attached hydrogens (tertiary/aromatic N) is 4. The normalized spacial score (nSPS) is 20.2. The zero-order valence-electron chi connectivity index (χ0n) is 18.6. The van der Waals surface area contributed by atoms with Gasteiger partial charge in [-0.05, 0) is 48.9 Å². The number of para-hydroxylation sites is 1. The average molecular weight is 444 g/mol. The van der Waals surface area contributed by atoms with E-state index in [0.29, 0.717) is 30.6 Å². The maximum atomic E-state index is 13.3. The predicted molar refractivity (Wildman–Crippen MR) is 126 cm³/mol. The number of aryl methyl sites for hydroxylation is 1. The van der Waals surface area contributed by atoms with Crippen LogP contribution in [0.2, 0.25) is 0 Å². The first-order chi connectivity index (χ1) is 16.1. The van der Waals surface area contributed by atoms with Gasteiger partial charge in [0.05, 0.1) is 17.4 Å². The minimum Gasteiger partial charge on any atom is -0.364 e. The van der Waals surface area contributed by atoms with Gasteiger partial charge < -0.3 is 15.5 Å². The van der Waals surface area contributed by atoms with Gasteiger partial charge in [-0.15, -0.1) is 0 Å². The van der Waals surface area contributed by atoms with E-state index in [-0.39, 0.29) is 17.2 Å². The minimum atomic E-state index is -0.649. The monoisotopic (exact) mass is 443 g/mol. The van der Waals surface area contributed by atoms with Crippen LogP contribution in [0.15, 0.2) is 66.9 Å². The van der Waals surface area contributed by atoms with Crippen LogP contribution >= 0.6 is 0 Å². The molecule has 2 amide bonds. The molecule has 0 aliphatic carbocycles. The first-order valence-electron chi connectivity index (χ1n) is 11.6. The zero-order chi connectivity index (χ0) is 22.8. The van der Waals surface area contributed by atoms with Crippen molar-refractivity contribution in [3.05, 3.63) is 83.7 Å². The molecule has 2 saturated heterocycles. The van der Waals surface area contributed by atoms with Gasteiger partial charge in [0.2, 0.25) is 0 Å². The van der Waals surface area contributed by atoms with Gasteiger partial charge in [0.1, 0.15) is 5.69 Å². The molecule has 0 spiro atoms. The van der Waals surface area contributed by atoms with Gasteiger partial charge in [0, 0.05) is 26.2 Å². The van der Waals surface area contributed by atoms with Crippen molar-refractivity contribution in [1.29, 1.82) is 0 Å². The fraction of sp³-hybridized carbons (Fsp3) is 0.346. The molecule has 2 fully saturated rings. The Hall–Kier alpha value is -3.45. The molecule has 2 aromatic carbocycles. The Morgan fingerprint density at radius 2 is 1.55 bits per heavy atom. The third-order valence-corrected chi connectivity index (χ3v) is 6.87. The maximum Gasteiger partial charge on any atom is 0.268 e. The van der Waals surface area contributed by atoms with Crippen molar-refractivity contribution >= 4 is 11.8 Å². The Morgan fingerprint density at radius 1 is 0.909 bits per heavy atom. The summed E-state index contributed by atoms with van der Waals surface area (Å²) in [7, 11) is 0. The molecule has 1 aromatic heterocycles. The lowest BCUT2D eigenvalue weighted by Gasteiger charge is -2.21. The molecule has 7 heteroatoms. The Balaban J connectivity index is 1.20. The summed E-state index contributed by atoms with van der Waals surface area (Å²) in [6.45, 7) is 4.57. The van der Waals surface area contributed by atoms with Crippen molar-refractivity contribution < 1.29 is 9.59 Å². The van der Waals surface area contributed by atoms with E-state index in [1.807, 2.05) is 35.2 Å². The molecule has 33 heavy (non-hydrogen) atoms. The van der Waals surface area contributed by atoms with E-state index in [4.69, 9.17) is 5.73 Å². The maximum absolute atomic E-state index is 13.3. The molecule has 170 valence electrons. The summed E-state index contributed by atoms with van der Waals surface area (Å²) in [5.74, 6) is 0.151. The van der Waals surface area contributed by atoms with Crippen LogP contribution in [0.5, 0.6) is 0 Å². The fourth-order valence-corrected chi connectivity index (χ4v) is 5.27. The topological polar surface area (TPSA) is 84.5 Å². The van der Waals surface area contributed by atoms with E-state index < -0.39 is 5.91 Å². The van der Waals surface area contributed by atoms with Gasteiger partial charge in [-0.2, -0.15) is 5.10 Å². The first-order valence-corrected chi connectivity index (χ1v) is 11.6. The fourth-order valence-electron chi connectivity index (χ4n) is 5.27. The summed E-state index contributed by atoms with van der Waals surface area (Å²) in [6.07, 6.45) is 3.71. The molecule has 2 aliphatic rings. The van der Waals surface area contributed by atoms with Gasteiger partial charge in [-0.25, -0.2) is 4.68 Å². The summed E-state index contributed by atoms with van der Waals surface area (Å²) < 4.78 is 1.46. The highest BCUT2D eigenvalue weighted by Gasteiger charge is 2.42. The average Bonchev–Trinajstić information content (AvgIpc) is 3.53. The summed E-state index contributed by atoms with van der Waals surface area (Å²) in [6, 6.07) is 19.9. The number of likely N-dealkylation sites (tertiary alicyclic amines) is 2. The second-order valence-electron chi connectivity index (χ2n) is 9.10. The van der Waals surface area contributed by atoms with Crippen LogP contribution in [0.25, 0.3) is 5.69 Å². The number of carbonyl (C=O) groups excluding carboxylic acids is 2. The Kier molecular flexibility index (Phi) is 5.96. The summed E-state index contributed by atoms with van der Waals surface area (Å²) in [4.78, 5) is 29.9. The largest absolute Gasteiger partial charge is 0.364 e. The van der Waals surface area contributed by atoms with Crippen molar-refractivity contribution in [3.8, 4) is 5.69 Å². The number of aromatic nitrogens is 2. The SMILES string of the molecule is NC(=O)c1c(C(=O)N2CC3CN(CCCc4ccccc4)C[C@H]3C2)cnn1-c1ccccc1. The lowest BCUT2D eigenvalue weighted by atomic mass is 10.0. The molecule has 2 atom stereocenters. The highest BCUT2D eigenvalue weighted by Crippen LogP contribution is 2.32. The number of carbonyl (C=O) groups is 2. The number of rotatable bonds is 7. The molecule has 3 aromatic rings. The summed E-state index contributed by atoms with van der Waals surface area (Å²) in [5.41, 5.74) is 8.17. The number of hydrogen-bond acceptors (Lipinski definition) is 4. The first kappa shape index (κ1) is 21.4. The third-order valence-electron chi connectivity index (χ3n) is 6.87. The van der Waals surface area contributed by atoms with Crippen molar-refractivity contribution in [2.45, 2.75) is 12.8 Å². The van der Waals surface area contributed by atoms with Crippen molar-refractivity contribution in [1.82, 2.24) is 19.6 Å². The molecule has 0 saturated carbocycles. The van der Waals surface area contributed by atoms with E-state index in [0.717, 1.165) is 32.5 Å². The summed E-state index contributed by atoms with van der Waals surface area (Å²) in [5, 5.41) is 4.30. The molecule has 0 bridgehead atoms. The molecule has 2 aliphatic heterocycles. The zero-order valence-corrected chi connectivity index (χ0v) is 18.6. The van der Waals surface area contributed by atoms with E-state index in [9.17, 15) is 9.59 Å². The molecule has 3 heterocycles. The summed E-state index contributed by atoms with van der Waals surface area (Å²) >= 11 is 0. The molecule has 7 nitrogen and oxygen atoms in total. The van der Waals surface area contributed by atoms with Crippen molar-refractivity contribution in [2.75, 3.05) is 32.7 Å². The van der Waals surface area contributed by atoms with E-state index >= 15 is 0 Å². The number of benzene rings is 2. The lowest BCUT2D eigenvalue weighted by molar-refractivity contribution is 0.0768. The van der Waals surface area contributed by atoms with E-state index in [1.54, 1.807) is 0 Å². The van der Waals surface area contributed by atoms with Gasteiger partial charge in [0.15, 0.2) is 0 Å².